The molecule has 0 amide bonds. The number of rotatable bonds is 2. The molecular weight excluding hydrogens is 278 g/mol. The van der Waals surface area contributed by atoms with Gasteiger partial charge in [-0.3, -0.25) is 0 Å². The molecule has 0 atom stereocenters. The van der Waals surface area contributed by atoms with Gasteiger partial charge < -0.3 is 5.32 Å². The normalized spacial score (nSPS) is 14.2. The fourth-order valence-corrected chi connectivity index (χ4v) is 3.67. The van der Waals surface area contributed by atoms with Crippen molar-refractivity contribution in [3.63, 3.8) is 0 Å². The quantitative estimate of drug-likeness (QED) is 0.608. The molecule has 3 aromatic rings. The molecule has 0 aliphatic heterocycles. The van der Waals surface area contributed by atoms with Crippen LogP contribution in [0.4, 0.5) is 11.4 Å². The Morgan fingerprint density at radius 3 is 2.22 bits per heavy atom. The van der Waals surface area contributed by atoms with Gasteiger partial charge in [-0.05, 0) is 59.0 Å². The van der Waals surface area contributed by atoms with E-state index in [1.807, 2.05) is 6.07 Å². The smallest absolute Gasteiger partial charge is 0.0417 e. The van der Waals surface area contributed by atoms with Crippen molar-refractivity contribution in [3.05, 3.63) is 83.4 Å². The van der Waals surface area contributed by atoms with Crippen molar-refractivity contribution in [2.75, 3.05) is 5.32 Å². The summed E-state index contributed by atoms with van der Waals surface area (Å²) in [6, 6.07) is 23.8. The lowest BCUT2D eigenvalue weighted by Crippen LogP contribution is -2.15. The summed E-state index contributed by atoms with van der Waals surface area (Å²) >= 11 is 0. The molecule has 0 saturated carbocycles. The Balaban J connectivity index is 1.85. The van der Waals surface area contributed by atoms with Gasteiger partial charge in [0.15, 0.2) is 0 Å². The molecule has 0 radical (unpaired) electrons. The van der Waals surface area contributed by atoms with E-state index < -0.39 is 0 Å². The van der Waals surface area contributed by atoms with Gasteiger partial charge in [-0.25, -0.2) is 0 Å². The molecule has 0 aromatic heterocycles. The Morgan fingerprint density at radius 2 is 1.43 bits per heavy atom. The van der Waals surface area contributed by atoms with Crippen molar-refractivity contribution >= 4 is 11.4 Å². The van der Waals surface area contributed by atoms with Gasteiger partial charge in [0.05, 0.1) is 0 Å². The lowest BCUT2D eigenvalue weighted by atomic mass is 9.82. The van der Waals surface area contributed by atoms with E-state index in [1.54, 1.807) is 0 Å². The van der Waals surface area contributed by atoms with Crippen LogP contribution < -0.4 is 5.32 Å². The van der Waals surface area contributed by atoms with Gasteiger partial charge in [0.2, 0.25) is 0 Å². The molecule has 1 aliphatic rings. The van der Waals surface area contributed by atoms with Crippen LogP contribution in [0.5, 0.6) is 0 Å². The molecule has 1 N–H and O–H groups in total. The molecule has 0 spiro atoms. The van der Waals surface area contributed by atoms with Crippen molar-refractivity contribution < 1.29 is 0 Å². The van der Waals surface area contributed by atoms with E-state index >= 15 is 0 Å². The molecule has 0 bridgehead atoms. The predicted octanol–water partition coefficient (Wildman–Crippen LogP) is 6.04. The molecule has 114 valence electrons. The maximum absolute atomic E-state index is 3.57. The molecule has 23 heavy (non-hydrogen) atoms. The van der Waals surface area contributed by atoms with Crippen LogP contribution in [0.15, 0.2) is 66.7 Å². The largest absolute Gasteiger partial charge is 0.355 e. The van der Waals surface area contributed by atoms with Crippen LogP contribution >= 0.6 is 0 Å². The number of anilines is 2. The van der Waals surface area contributed by atoms with Gasteiger partial charge in [-0.2, -0.15) is 0 Å². The number of benzene rings is 3. The second-order valence-electron chi connectivity index (χ2n) is 6.87. The molecule has 1 aliphatic carbocycles. The van der Waals surface area contributed by atoms with E-state index in [4.69, 9.17) is 0 Å². The first-order chi connectivity index (χ1) is 11.1. The molecule has 3 aromatic carbocycles. The summed E-state index contributed by atoms with van der Waals surface area (Å²) in [6.45, 7) is 6.82. The van der Waals surface area contributed by atoms with Crippen molar-refractivity contribution in [3.8, 4) is 11.1 Å². The summed E-state index contributed by atoms with van der Waals surface area (Å²) in [7, 11) is 0. The Bertz CT molecular complexity index is 876. The third-order valence-corrected chi connectivity index (χ3v) is 4.98. The lowest BCUT2D eigenvalue weighted by molar-refractivity contribution is 0.660. The van der Waals surface area contributed by atoms with Gasteiger partial charge in [0.25, 0.3) is 0 Å². The first-order valence-corrected chi connectivity index (χ1v) is 8.14. The van der Waals surface area contributed by atoms with Crippen LogP contribution in [-0.4, -0.2) is 0 Å². The van der Waals surface area contributed by atoms with E-state index in [0.717, 1.165) is 5.69 Å². The van der Waals surface area contributed by atoms with E-state index in [2.05, 4.69) is 86.8 Å². The van der Waals surface area contributed by atoms with E-state index in [1.165, 1.54) is 33.5 Å². The fraction of sp³-hybridized carbons (Fsp3) is 0.182. The van der Waals surface area contributed by atoms with Gasteiger partial charge in [-0.15, -0.1) is 0 Å². The van der Waals surface area contributed by atoms with Gasteiger partial charge >= 0.3 is 0 Å². The van der Waals surface area contributed by atoms with Crippen LogP contribution in [0, 0.1) is 6.92 Å². The van der Waals surface area contributed by atoms with Gasteiger partial charge in [0.1, 0.15) is 0 Å². The zero-order valence-corrected chi connectivity index (χ0v) is 13.9. The van der Waals surface area contributed by atoms with E-state index in [9.17, 15) is 0 Å². The van der Waals surface area contributed by atoms with E-state index in [0.29, 0.717) is 0 Å². The SMILES string of the molecule is Cc1cc2c(cc1Nc1ccccc1)C(C)(C)c1ccccc1-2. The highest BCUT2D eigenvalue weighted by atomic mass is 14.9. The molecule has 1 heteroatoms. The Hall–Kier alpha value is -2.54. The van der Waals surface area contributed by atoms with Gasteiger partial charge in [0, 0.05) is 16.8 Å². The number of fused-ring (bicyclic) bond motifs is 3. The minimum atomic E-state index is 0.0484. The van der Waals surface area contributed by atoms with Crippen LogP contribution in [0.2, 0.25) is 0 Å². The average Bonchev–Trinajstić information content (AvgIpc) is 2.77. The second-order valence-corrected chi connectivity index (χ2v) is 6.87. The third kappa shape index (κ3) is 2.16. The van der Waals surface area contributed by atoms with Gasteiger partial charge in [-0.1, -0.05) is 56.3 Å². The predicted molar refractivity (Wildman–Crippen MR) is 98.5 cm³/mol. The molecule has 1 nitrogen and oxygen atoms in total. The minimum absolute atomic E-state index is 0.0484. The standard InChI is InChI=1S/C22H21N/c1-15-13-18-17-11-7-8-12-19(17)22(2,3)20(18)14-21(15)23-16-9-5-4-6-10-16/h4-14,23H,1-3H3. The highest BCUT2D eigenvalue weighted by Crippen LogP contribution is 2.50. The van der Waals surface area contributed by atoms with Crippen LogP contribution in [-0.2, 0) is 5.41 Å². The van der Waals surface area contributed by atoms with Crippen LogP contribution in [0.1, 0.15) is 30.5 Å². The number of nitrogens with one attached hydrogen (secondary N) is 1. The average molecular weight is 299 g/mol. The lowest BCUT2D eigenvalue weighted by Gasteiger charge is -2.22. The van der Waals surface area contributed by atoms with Crippen molar-refractivity contribution in [1.29, 1.82) is 0 Å². The number of aryl methyl sites for hydroxylation is 1. The van der Waals surface area contributed by atoms with Crippen molar-refractivity contribution in [1.82, 2.24) is 0 Å². The molecular formula is C22H21N. The number of para-hydroxylation sites is 1. The number of hydrogen-bond donors (Lipinski definition) is 1. The first kappa shape index (κ1) is 14.1. The van der Waals surface area contributed by atoms with Crippen LogP contribution in [0.25, 0.3) is 11.1 Å². The zero-order valence-electron chi connectivity index (χ0n) is 13.9. The monoisotopic (exact) mass is 299 g/mol. The number of hydrogen-bond acceptors (Lipinski definition) is 1. The third-order valence-electron chi connectivity index (χ3n) is 4.98. The Labute approximate surface area is 138 Å². The second kappa shape index (κ2) is 4.99. The molecule has 0 unspecified atom stereocenters. The molecule has 4 rings (SSSR count). The fourth-order valence-electron chi connectivity index (χ4n) is 3.67. The van der Waals surface area contributed by atoms with E-state index in [-0.39, 0.29) is 5.41 Å². The van der Waals surface area contributed by atoms with Crippen molar-refractivity contribution in [2.45, 2.75) is 26.2 Å². The summed E-state index contributed by atoms with van der Waals surface area (Å²) in [5.74, 6) is 0. The summed E-state index contributed by atoms with van der Waals surface area (Å²) in [6.07, 6.45) is 0. The Morgan fingerprint density at radius 1 is 0.739 bits per heavy atom. The highest BCUT2D eigenvalue weighted by molar-refractivity contribution is 5.84. The zero-order chi connectivity index (χ0) is 16.0. The molecule has 0 saturated heterocycles. The summed E-state index contributed by atoms with van der Waals surface area (Å²) in [5.41, 5.74) is 9.23. The summed E-state index contributed by atoms with van der Waals surface area (Å²) in [5, 5.41) is 3.57. The maximum atomic E-state index is 3.57. The first-order valence-electron chi connectivity index (χ1n) is 8.14. The maximum Gasteiger partial charge on any atom is 0.0417 e. The Kier molecular flexibility index (Phi) is 3.05. The van der Waals surface area contributed by atoms with Crippen LogP contribution in [0.3, 0.4) is 0 Å². The summed E-state index contributed by atoms with van der Waals surface area (Å²) in [4.78, 5) is 0. The highest BCUT2D eigenvalue weighted by Gasteiger charge is 2.35. The molecule has 0 fully saturated rings. The minimum Gasteiger partial charge on any atom is -0.355 e. The van der Waals surface area contributed by atoms with Crippen molar-refractivity contribution in [2.24, 2.45) is 0 Å². The summed E-state index contributed by atoms with van der Waals surface area (Å²) < 4.78 is 0. The molecule has 0 heterocycles. The topological polar surface area (TPSA) is 12.0 Å².